The summed E-state index contributed by atoms with van der Waals surface area (Å²) >= 11 is 5.67. The summed E-state index contributed by atoms with van der Waals surface area (Å²) in [5, 5.41) is 0.799. The van der Waals surface area contributed by atoms with Crippen molar-refractivity contribution in [2.75, 3.05) is 0 Å². The van der Waals surface area contributed by atoms with Crippen molar-refractivity contribution in [2.24, 2.45) is 5.73 Å². The molecule has 0 bridgehead atoms. The van der Waals surface area contributed by atoms with Crippen molar-refractivity contribution < 1.29 is 0 Å². The lowest BCUT2D eigenvalue weighted by atomic mass is 10.1. The number of hydrogen-bond donors (Lipinski definition) is 1. The lowest BCUT2D eigenvalue weighted by Crippen LogP contribution is -1.98. The third kappa shape index (κ3) is 1.04. The Hall–Kier alpha value is -0.430. The van der Waals surface area contributed by atoms with Gasteiger partial charge in [0.25, 0.3) is 0 Å². The zero-order valence-corrected chi connectivity index (χ0v) is 5.28. The van der Waals surface area contributed by atoms with E-state index >= 15 is 0 Å². The first-order chi connectivity index (χ1) is 3.80. The van der Waals surface area contributed by atoms with Crippen molar-refractivity contribution in [2.45, 2.75) is 12.8 Å². The average Bonchev–Trinajstić information content (AvgIpc) is 1.77. The summed E-state index contributed by atoms with van der Waals surface area (Å²) in [6.07, 6.45) is 5.82. The van der Waals surface area contributed by atoms with Gasteiger partial charge < -0.3 is 5.73 Å². The molecule has 0 saturated heterocycles. The van der Waals surface area contributed by atoms with Crippen LogP contribution in [0.15, 0.2) is 22.9 Å². The van der Waals surface area contributed by atoms with Crippen molar-refractivity contribution >= 4 is 11.6 Å². The Labute approximate surface area is 53.8 Å². The van der Waals surface area contributed by atoms with Gasteiger partial charge in [0.2, 0.25) is 0 Å². The van der Waals surface area contributed by atoms with Crippen LogP contribution in [0.2, 0.25) is 0 Å². The summed E-state index contributed by atoms with van der Waals surface area (Å²) in [7, 11) is 0. The van der Waals surface area contributed by atoms with Crippen molar-refractivity contribution in [3.63, 3.8) is 0 Å². The van der Waals surface area contributed by atoms with Gasteiger partial charge in [-0.2, -0.15) is 0 Å². The fourth-order valence-electron chi connectivity index (χ4n) is 0.655. The summed E-state index contributed by atoms with van der Waals surface area (Å²) in [5.74, 6) is 0. The number of allylic oxidation sites excluding steroid dienone is 3. The van der Waals surface area contributed by atoms with Gasteiger partial charge in [-0.3, -0.25) is 0 Å². The summed E-state index contributed by atoms with van der Waals surface area (Å²) in [5.41, 5.74) is 6.16. The van der Waals surface area contributed by atoms with E-state index in [2.05, 4.69) is 0 Å². The van der Waals surface area contributed by atoms with E-state index < -0.39 is 0 Å². The first-order valence-corrected chi connectivity index (χ1v) is 2.99. The number of rotatable bonds is 0. The first-order valence-electron chi connectivity index (χ1n) is 2.61. The van der Waals surface area contributed by atoms with E-state index in [1.807, 2.05) is 12.2 Å². The highest BCUT2D eigenvalue weighted by molar-refractivity contribution is 6.30. The highest BCUT2D eigenvalue weighted by Crippen LogP contribution is 2.18. The molecule has 0 atom stereocenters. The fraction of sp³-hybridized carbons (Fsp3) is 0.333. The number of halogens is 1. The second-order valence-electron chi connectivity index (χ2n) is 1.80. The molecule has 0 saturated carbocycles. The minimum Gasteiger partial charge on any atom is -0.398 e. The Morgan fingerprint density at radius 3 is 2.75 bits per heavy atom. The Balaban J connectivity index is 2.76. The van der Waals surface area contributed by atoms with Gasteiger partial charge in [-0.05, 0) is 18.9 Å². The van der Waals surface area contributed by atoms with Gasteiger partial charge in [-0.15, -0.1) is 0 Å². The van der Waals surface area contributed by atoms with E-state index in [9.17, 15) is 0 Å². The Bertz CT molecular complexity index is 147. The minimum atomic E-state index is 0.720. The average molecular weight is 130 g/mol. The summed E-state index contributed by atoms with van der Waals surface area (Å²) in [6.45, 7) is 0. The van der Waals surface area contributed by atoms with Crippen LogP contribution >= 0.6 is 11.6 Å². The molecule has 0 amide bonds. The van der Waals surface area contributed by atoms with Crippen LogP contribution in [0.5, 0.6) is 0 Å². The molecule has 0 aliphatic heterocycles. The number of hydrogen-bond acceptors (Lipinski definition) is 1. The lowest BCUT2D eigenvalue weighted by Gasteiger charge is -2.03. The second-order valence-corrected chi connectivity index (χ2v) is 2.26. The topological polar surface area (TPSA) is 26.0 Å². The predicted molar refractivity (Wildman–Crippen MR) is 35.4 cm³/mol. The van der Waals surface area contributed by atoms with Crippen LogP contribution in [0, 0.1) is 0 Å². The maximum absolute atomic E-state index is 5.67. The molecule has 1 nitrogen and oxygen atoms in total. The van der Waals surface area contributed by atoms with Gasteiger partial charge in [0.15, 0.2) is 0 Å². The molecule has 0 fully saturated rings. The molecule has 0 aromatic heterocycles. The van der Waals surface area contributed by atoms with Crippen LogP contribution in [-0.4, -0.2) is 0 Å². The van der Waals surface area contributed by atoms with Gasteiger partial charge in [0, 0.05) is 10.7 Å². The maximum Gasteiger partial charge on any atom is 0.0458 e. The van der Waals surface area contributed by atoms with Crippen molar-refractivity contribution in [1.82, 2.24) is 0 Å². The Morgan fingerprint density at radius 2 is 2.38 bits per heavy atom. The highest BCUT2D eigenvalue weighted by Gasteiger charge is 1.99. The van der Waals surface area contributed by atoms with Gasteiger partial charge >= 0.3 is 0 Å². The molecular formula is C6H8ClN. The van der Waals surface area contributed by atoms with Crippen molar-refractivity contribution in [3.05, 3.63) is 22.9 Å². The standard InChI is InChI=1S/C6H8ClN/c7-5-3-1-2-4-6(5)8/h2,4H,1,3,8H2. The fourth-order valence-corrected chi connectivity index (χ4v) is 0.827. The molecule has 44 valence electrons. The first kappa shape index (κ1) is 5.70. The summed E-state index contributed by atoms with van der Waals surface area (Å²) in [6, 6.07) is 0. The van der Waals surface area contributed by atoms with E-state index in [1.54, 1.807) is 0 Å². The predicted octanol–water partition coefficient (Wildman–Crippen LogP) is 1.75. The van der Waals surface area contributed by atoms with E-state index in [1.165, 1.54) is 0 Å². The third-order valence-corrected chi connectivity index (χ3v) is 1.55. The smallest absolute Gasteiger partial charge is 0.0458 e. The molecule has 8 heavy (non-hydrogen) atoms. The zero-order valence-electron chi connectivity index (χ0n) is 4.52. The lowest BCUT2D eigenvalue weighted by molar-refractivity contribution is 0.990. The van der Waals surface area contributed by atoms with Crippen LogP contribution in [-0.2, 0) is 0 Å². The van der Waals surface area contributed by atoms with Crippen LogP contribution in [0.4, 0.5) is 0 Å². The largest absolute Gasteiger partial charge is 0.398 e. The van der Waals surface area contributed by atoms with Crippen LogP contribution in [0.3, 0.4) is 0 Å². The van der Waals surface area contributed by atoms with Gasteiger partial charge in [-0.25, -0.2) is 0 Å². The Morgan fingerprint density at radius 1 is 1.62 bits per heavy atom. The minimum absolute atomic E-state index is 0.720. The summed E-state index contributed by atoms with van der Waals surface area (Å²) in [4.78, 5) is 0. The molecule has 0 radical (unpaired) electrons. The molecule has 1 rings (SSSR count). The maximum atomic E-state index is 5.67. The Kier molecular flexibility index (Phi) is 1.59. The number of nitrogens with two attached hydrogens (primary N) is 1. The van der Waals surface area contributed by atoms with Gasteiger partial charge in [0.05, 0.1) is 0 Å². The monoisotopic (exact) mass is 129 g/mol. The second kappa shape index (κ2) is 2.23. The molecule has 1 aliphatic carbocycles. The SMILES string of the molecule is NC1=C(Cl)CCC=C1. The van der Waals surface area contributed by atoms with E-state index in [-0.39, 0.29) is 0 Å². The molecular weight excluding hydrogens is 122 g/mol. The molecule has 2 N–H and O–H groups in total. The molecule has 0 heterocycles. The van der Waals surface area contributed by atoms with E-state index in [0.717, 1.165) is 23.6 Å². The van der Waals surface area contributed by atoms with Crippen molar-refractivity contribution in [1.29, 1.82) is 0 Å². The van der Waals surface area contributed by atoms with Crippen LogP contribution in [0.1, 0.15) is 12.8 Å². The highest BCUT2D eigenvalue weighted by atomic mass is 35.5. The van der Waals surface area contributed by atoms with E-state index in [0.29, 0.717) is 0 Å². The van der Waals surface area contributed by atoms with Gasteiger partial charge in [0.1, 0.15) is 0 Å². The molecule has 2 heteroatoms. The van der Waals surface area contributed by atoms with E-state index in [4.69, 9.17) is 17.3 Å². The van der Waals surface area contributed by atoms with Crippen LogP contribution < -0.4 is 5.73 Å². The summed E-state index contributed by atoms with van der Waals surface area (Å²) < 4.78 is 0. The van der Waals surface area contributed by atoms with Crippen molar-refractivity contribution in [3.8, 4) is 0 Å². The van der Waals surface area contributed by atoms with Gasteiger partial charge in [-0.1, -0.05) is 17.7 Å². The molecule has 0 spiro atoms. The third-order valence-electron chi connectivity index (χ3n) is 1.14. The molecule has 0 aromatic carbocycles. The molecule has 0 unspecified atom stereocenters. The van der Waals surface area contributed by atoms with Crippen LogP contribution in [0.25, 0.3) is 0 Å². The zero-order chi connectivity index (χ0) is 5.98. The normalized spacial score (nSPS) is 19.6. The molecule has 0 aromatic rings. The molecule has 1 aliphatic rings. The quantitative estimate of drug-likeness (QED) is 0.530.